The van der Waals surface area contributed by atoms with Crippen molar-refractivity contribution in [1.82, 2.24) is 4.31 Å². The average molecular weight is 507 g/mol. The van der Waals surface area contributed by atoms with Crippen LogP contribution in [0.4, 0.5) is 5.69 Å². The molecule has 0 aliphatic carbocycles. The van der Waals surface area contributed by atoms with Gasteiger partial charge in [0.2, 0.25) is 0 Å². The van der Waals surface area contributed by atoms with Crippen molar-refractivity contribution in [1.29, 1.82) is 0 Å². The summed E-state index contributed by atoms with van der Waals surface area (Å²) in [6.45, 7) is 3.27. The molecular formula is C27H26N2O6S. The predicted molar refractivity (Wildman–Crippen MR) is 137 cm³/mol. The van der Waals surface area contributed by atoms with Gasteiger partial charge >= 0.3 is 0 Å². The van der Waals surface area contributed by atoms with Crippen molar-refractivity contribution in [2.75, 3.05) is 19.5 Å². The van der Waals surface area contributed by atoms with E-state index in [1.54, 1.807) is 54.6 Å². The van der Waals surface area contributed by atoms with Crippen molar-refractivity contribution in [3.8, 4) is 11.5 Å². The van der Waals surface area contributed by atoms with Crippen LogP contribution in [0.2, 0.25) is 0 Å². The Labute approximate surface area is 210 Å². The summed E-state index contributed by atoms with van der Waals surface area (Å²) in [7, 11) is -1.00. The van der Waals surface area contributed by atoms with Gasteiger partial charge in [-0.3, -0.25) is 9.59 Å². The molecule has 0 aromatic heterocycles. The molecular weight excluding hydrogens is 480 g/mol. The number of carbonyl (C=O) groups is 2. The van der Waals surface area contributed by atoms with Crippen LogP contribution in [0.1, 0.15) is 34.0 Å². The lowest BCUT2D eigenvalue weighted by molar-refractivity contribution is -0.122. The number of carbonyl (C=O) groups excluding carboxylic acids is 2. The smallest absolute Gasteiger partial charge is 0.268 e. The van der Waals surface area contributed by atoms with Crippen molar-refractivity contribution in [3.05, 3.63) is 94.6 Å². The van der Waals surface area contributed by atoms with E-state index in [0.29, 0.717) is 33.9 Å². The van der Waals surface area contributed by atoms with Gasteiger partial charge in [0, 0.05) is 11.1 Å². The summed E-state index contributed by atoms with van der Waals surface area (Å²) in [5.74, 6) is 0.211. The number of nitrogens with zero attached hydrogens (tertiary/aromatic N) is 1. The maximum absolute atomic E-state index is 13.3. The molecule has 0 atom stereocenters. The third-order valence-corrected chi connectivity index (χ3v) is 7.87. The van der Waals surface area contributed by atoms with Crippen molar-refractivity contribution in [2.45, 2.75) is 20.4 Å². The summed E-state index contributed by atoms with van der Waals surface area (Å²) in [6.07, 6.45) is 0. The van der Waals surface area contributed by atoms with Crippen LogP contribution in [0.3, 0.4) is 0 Å². The molecule has 9 heteroatoms. The van der Waals surface area contributed by atoms with Crippen molar-refractivity contribution in [2.24, 2.45) is 0 Å². The highest BCUT2D eigenvalue weighted by atomic mass is 32.2. The van der Waals surface area contributed by atoms with Crippen LogP contribution in [-0.2, 0) is 21.4 Å². The number of aryl methyl sites for hydroxylation is 1. The van der Waals surface area contributed by atoms with Crippen LogP contribution in [0.5, 0.6) is 11.5 Å². The van der Waals surface area contributed by atoms with Gasteiger partial charge in [0.05, 0.1) is 26.5 Å². The van der Waals surface area contributed by atoms with E-state index in [9.17, 15) is 18.0 Å². The molecule has 36 heavy (non-hydrogen) atoms. The summed E-state index contributed by atoms with van der Waals surface area (Å²) in [5.41, 5.74) is 3.04. The molecule has 0 spiro atoms. The standard InChI is InChI=1S/C27H26N2O6S/c1-17-5-14-24(35-4)23(15-17)28-26(30)21-8-6-19(7-9-21)16-29-27(31)18(2)25(36(29,32)33)20-10-12-22(34-3)13-11-20/h5-15H,16H2,1-4H3,(H,28,30). The lowest BCUT2D eigenvalue weighted by atomic mass is 10.1. The number of amides is 2. The molecule has 0 saturated heterocycles. The Morgan fingerprint density at radius 2 is 1.58 bits per heavy atom. The first-order chi connectivity index (χ1) is 17.1. The lowest BCUT2D eigenvalue weighted by Crippen LogP contribution is -2.30. The van der Waals surface area contributed by atoms with Crippen LogP contribution in [0.25, 0.3) is 4.91 Å². The first kappa shape index (κ1) is 25.0. The van der Waals surface area contributed by atoms with Gasteiger partial charge < -0.3 is 14.8 Å². The van der Waals surface area contributed by atoms with Gasteiger partial charge in [-0.1, -0.05) is 18.2 Å². The molecule has 8 nitrogen and oxygen atoms in total. The molecule has 0 saturated carbocycles. The van der Waals surface area contributed by atoms with Crippen molar-refractivity contribution < 1.29 is 27.5 Å². The summed E-state index contributed by atoms with van der Waals surface area (Å²) >= 11 is 0. The number of anilines is 1. The first-order valence-corrected chi connectivity index (χ1v) is 12.6. The number of hydrogen-bond acceptors (Lipinski definition) is 6. The van der Waals surface area contributed by atoms with Gasteiger partial charge in [-0.25, -0.2) is 12.7 Å². The topological polar surface area (TPSA) is 102 Å². The molecule has 0 radical (unpaired) electrons. The monoisotopic (exact) mass is 506 g/mol. The predicted octanol–water partition coefficient (Wildman–Crippen LogP) is 4.37. The van der Waals surface area contributed by atoms with Crippen molar-refractivity contribution in [3.63, 3.8) is 0 Å². The molecule has 3 aromatic rings. The van der Waals surface area contributed by atoms with E-state index in [-0.39, 0.29) is 22.9 Å². The maximum Gasteiger partial charge on any atom is 0.268 e. The zero-order chi connectivity index (χ0) is 26.0. The molecule has 3 aromatic carbocycles. The Bertz CT molecular complexity index is 1460. The first-order valence-electron chi connectivity index (χ1n) is 11.1. The molecule has 4 rings (SSSR count). The normalized spacial score (nSPS) is 14.7. The summed E-state index contributed by atoms with van der Waals surface area (Å²) in [6, 6.07) is 18.4. The second-order valence-electron chi connectivity index (χ2n) is 8.35. The fourth-order valence-electron chi connectivity index (χ4n) is 4.00. The minimum atomic E-state index is -4.05. The molecule has 1 N–H and O–H groups in total. The van der Waals surface area contributed by atoms with E-state index < -0.39 is 15.9 Å². The molecule has 2 amide bonds. The van der Waals surface area contributed by atoms with E-state index in [0.717, 1.165) is 9.87 Å². The van der Waals surface area contributed by atoms with E-state index in [1.165, 1.54) is 21.1 Å². The minimum absolute atomic E-state index is 0.0155. The maximum atomic E-state index is 13.3. The molecule has 1 aliphatic rings. The summed E-state index contributed by atoms with van der Waals surface area (Å²) in [5, 5.41) is 2.83. The van der Waals surface area contributed by atoms with Crippen LogP contribution in [-0.4, -0.2) is 38.8 Å². The molecule has 0 bridgehead atoms. The Balaban J connectivity index is 1.52. The van der Waals surface area contributed by atoms with Gasteiger partial charge in [-0.2, -0.15) is 0 Å². The number of ether oxygens (including phenoxy) is 2. The van der Waals surface area contributed by atoms with Crippen LogP contribution >= 0.6 is 0 Å². The zero-order valence-electron chi connectivity index (χ0n) is 20.4. The number of rotatable bonds is 7. The summed E-state index contributed by atoms with van der Waals surface area (Å²) < 4.78 is 37.8. The van der Waals surface area contributed by atoms with E-state index >= 15 is 0 Å². The Kier molecular flexibility index (Phi) is 6.85. The van der Waals surface area contributed by atoms with Gasteiger partial charge in [-0.15, -0.1) is 0 Å². The minimum Gasteiger partial charge on any atom is -0.497 e. The second kappa shape index (κ2) is 9.87. The van der Waals surface area contributed by atoms with Crippen LogP contribution in [0.15, 0.2) is 72.3 Å². The molecule has 0 fully saturated rings. The highest BCUT2D eigenvalue weighted by Crippen LogP contribution is 2.37. The van der Waals surface area contributed by atoms with Gasteiger partial charge in [0.1, 0.15) is 16.4 Å². The SMILES string of the molecule is COc1ccc(C2=C(C)C(=O)N(Cc3ccc(C(=O)Nc4cc(C)ccc4OC)cc3)S2(=O)=O)cc1. The third-order valence-electron chi connectivity index (χ3n) is 5.93. The van der Waals surface area contributed by atoms with E-state index in [1.807, 2.05) is 19.1 Å². The molecule has 1 heterocycles. The fourth-order valence-corrected chi connectivity index (χ4v) is 5.81. The van der Waals surface area contributed by atoms with Crippen molar-refractivity contribution >= 4 is 32.4 Å². The number of nitrogens with one attached hydrogen (secondary N) is 1. The highest BCUT2D eigenvalue weighted by molar-refractivity contribution is 7.99. The quantitative estimate of drug-likeness (QED) is 0.511. The average Bonchev–Trinajstić information content (AvgIpc) is 3.03. The van der Waals surface area contributed by atoms with Crippen LogP contribution < -0.4 is 14.8 Å². The second-order valence-corrected chi connectivity index (χ2v) is 10.2. The Morgan fingerprint density at radius 1 is 0.917 bits per heavy atom. The Hall–Kier alpha value is -4.11. The van der Waals surface area contributed by atoms with Gasteiger partial charge in [0.15, 0.2) is 0 Å². The van der Waals surface area contributed by atoms with E-state index in [4.69, 9.17) is 9.47 Å². The Morgan fingerprint density at radius 3 is 2.19 bits per heavy atom. The fraction of sp³-hybridized carbons (Fsp3) is 0.185. The van der Waals surface area contributed by atoms with Gasteiger partial charge in [0.25, 0.3) is 21.8 Å². The highest BCUT2D eigenvalue weighted by Gasteiger charge is 2.42. The van der Waals surface area contributed by atoms with Crippen LogP contribution in [0, 0.1) is 6.92 Å². The molecule has 1 aliphatic heterocycles. The summed E-state index contributed by atoms with van der Waals surface area (Å²) in [4.78, 5) is 25.6. The molecule has 186 valence electrons. The number of sulfonamides is 1. The van der Waals surface area contributed by atoms with E-state index in [2.05, 4.69) is 5.32 Å². The van der Waals surface area contributed by atoms with Gasteiger partial charge in [-0.05, 0) is 79.1 Å². The largest absolute Gasteiger partial charge is 0.497 e. The third kappa shape index (κ3) is 4.70. The molecule has 0 unspecified atom stereocenters. The zero-order valence-corrected chi connectivity index (χ0v) is 21.2. The number of benzene rings is 3. The number of hydrogen-bond donors (Lipinski definition) is 1. The number of methoxy groups -OCH3 is 2. The lowest BCUT2D eigenvalue weighted by Gasteiger charge is -2.17.